The van der Waals surface area contributed by atoms with Crippen molar-refractivity contribution in [2.24, 2.45) is 0 Å². The van der Waals surface area contributed by atoms with Crippen molar-refractivity contribution in [1.29, 1.82) is 5.26 Å². The highest BCUT2D eigenvalue weighted by Crippen LogP contribution is 2.29. The summed E-state index contributed by atoms with van der Waals surface area (Å²) in [5.74, 6) is 0.849. The van der Waals surface area contributed by atoms with Crippen molar-refractivity contribution in [3.8, 4) is 6.07 Å². The number of nitriles is 1. The summed E-state index contributed by atoms with van der Waals surface area (Å²) < 4.78 is 1.89. The van der Waals surface area contributed by atoms with Gasteiger partial charge in [0, 0.05) is 11.3 Å². The van der Waals surface area contributed by atoms with Gasteiger partial charge in [-0.05, 0) is 23.6 Å². The summed E-state index contributed by atoms with van der Waals surface area (Å²) in [5, 5.41) is 12.0. The maximum Gasteiger partial charge on any atom is 0.116 e. The highest BCUT2D eigenvalue weighted by atomic mass is 35.5. The molecular formula is C14H9Cl2N3S. The molecule has 0 N–H and O–H groups in total. The van der Waals surface area contributed by atoms with Crippen LogP contribution in [0.2, 0.25) is 10.0 Å². The van der Waals surface area contributed by atoms with Crippen LogP contribution in [-0.4, -0.2) is 9.55 Å². The van der Waals surface area contributed by atoms with Gasteiger partial charge in [-0.25, -0.2) is 4.98 Å². The first kappa shape index (κ1) is 13.4. The average molecular weight is 322 g/mol. The van der Waals surface area contributed by atoms with E-state index in [1.54, 1.807) is 23.5 Å². The molecule has 1 aromatic carbocycles. The number of benzene rings is 1. The Morgan fingerprint density at radius 1 is 1.30 bits per heavy atom. The molecule has 100 valence electrons. The van der Waals surface area contributed by atoms with Crippen LogP contribution in [0.3, 0.4) is 0 Å². The average Bonchev–Trinajstić information content (AvgIpc) is 3.02. The molecule has 20 heavy (non-hydrogen) atoms. The molecule has 0 atom stereocenters. The second kappa shape index (κ2) is 5.45. The van der Waals surface area contributed by atoms with Crippen molar-refractivity contribution in [2.75, 3.05) is 0 Å². The van der Waals surface area contributed by atoms with Crippen molar-refractivity contribution >= 4 is 45.6 Å². The Labute approximate surface area is 130 Å². The molecule has 3 rings (SSSR count). The highest BCUT2D eigenvalue weighted by Gasteiger charge is 2.13. The SMILES string of the molecule is N#CCn1c(Cc2cccs2)nc2cc(Cl)c(Cl)cc21. The van der Waals surface area contributed by atoms with Crippen molar-refractivity contribution in [3.63, 3.8) is 0 Å². The molecule has 0 aliphatic heterocycles. The minimum atomic E-state index is 0.245. The molecule has 0 amide bonds. The topological polar surface area (TPSA) is 41.6 Å². The van der Waals surface area contributed by atoms with E-state index in [2.05, 4.69) is 17.1 Å². The quantitative estimate of drug-likeness (QED) is 0.711. The lowest BCUT2D eigenvalue weighted by Gasteiger charge is -2.04. The second-order valence-electron chi connectivity index (χ2n) is 4.28. The van der Waals surface area contributed by atoms with Gasteiger partial charge < -0.3 is 4.57 Å². The van der Waals surface area contributed by atoms with Gasteiger partial charge in [-0.15, -0.1) is 11.3 Å². The first-order valence-electron chi connectivity index (χ1n) is 5.92. The van der Waals surface area contributed by atoms with Crippen LogP contribution in [0.25, 0.3) is 11.0 Å². The molecule has 0 radical (unpaired) electrons. The summed E-state index contributed by atoms with van der Waals surface area (Å²) >= 11 is 13.8. The molecule has 3 nitrogen and oxygen atoms in total. The number of thiophene rings is 1. The van der Waals surface area contributed by atoms with Gasteiger partial charge in [-0.2, -0.15) is 5.26 Å². The molecule has 0 unspecified atom stereocenters. The molecule has 2 aromatic heterocycles. The lowest BCUT2D eigenvalue weighted by Crippen LogP contribution is -2.02. The summed E-state index contributed by atoms with van der Waals surface area (Å²) in [6, 6.07) is 9.73. The van der Waals surface area contributed by atoms with Crippen LogP contribution in [0, 0.1) is 11.3 Å². The molecule has 2 heterocycles. The van der Waals surface area contributed by atoms with Crippen molar-refractivity contribution < 1.29 is 0 Å². The van der Waals surface area contributed by atoms with Crippen molar-refractivity contribution in [3.05, 3.63) is 50.4 Å². The molecule has 0 fully saturated rings. The van der Waals surface area contributed by atoms with E-state index in [0.29, 0.717) is 16.5 Å². The first-order chi connectivity index (χ1) is 9.69. The van der Waals surface area contributed by atoms with Gasteiger partial charge in [0.2, 0.25) is 0 Å². The minimum Gasteiger partial charge on any atom is -0.314 e. The fourth-order valence-corrected chi connectivity index (χ4v) is 3.14. The third-order valence-corrected chi connectivity index (χ3v) is 4.61. The standard InChI is InChI=1S/C14H9Cl2N3S/c15-10-7-12-13(8-11(10)16)19(4-3-17)14(18-12)6-9-2-1-5-20-9/h1-2,5,7-8H,4,6H2. The number of nitrogens with zero attached hydrogens (tertiary/aromatic N) is 3. The zero-order valence-electron chi connectivity index (χ0n) is 10.3. The van der Waals surface area contributed by atoms with Gasteiger partial charge in [-0.1, -0.05) is 29.3 Å². The predicted octanol–water partition coefficient (Wildman–Crippen LogP) is 4.52. The monoisotopic (exact) mass is 321 g/mol. The van der Waals surface area contributed by atoms with Gasteiger partial charge >= 0.3 is 0 Å². The Balaban J connectivity index is 2.15. The number of rotatable bonds is 3. The van der Waals surface area contributed by atoms with E-state index in [-0.39, 0.29) is 6.54 Å². The third-order valence-electron chi connectivity index (χ3n) is 3.01. The Kier molecular flexibility index (Phi) is 3.66. The van der Waals surface area contributed by atoms with E-state index in [4.69, 9.17) is 28.5 Å². The summed E-state index contributed by atoms with van der Waals surface area (Å²) in [5.41, 5.74) is 1.61. The predicted molar refractivity (Wildman–Crippen MR) is 82.5 cm³/mol. The van der Waals surface area contributed by atoms with Crippen LogP contribution >= 0.6 is 34.5 Å². The Morgan fingerprint density at radius 3 is 2.80 bits per heavy atom. The number of fused-ring (bicyclic) bond motifs is 1. The van der Waals surface area contributed by atoms with Gasteiger partial charge in [0.15, 0.2) is 0 Å². The van der Waals surface area contributed by atoms with Crippen LogP contribution in [0.4, 0.5) is 0 Å². The zero-order valence-corrected chi connectivity index (χ0v) is 12.6. The molecule has 6 heteroatoms. The lowest BCUT2D eigenvalue weighted by atomic mass is 10.3. The first-order valence-corrected chi connectivity index (χ1v) is 7.56. The molecule has 0 saturated carbocycles. The normalized spacial score (nSPS) is 10.8. The lowest BCUT2D eigenvalue weighted by molar-refractivity contribution is 0.790. The van der Waals surface area contributed by atoms with Crippen LogP contribution < -0.4 is 0 Å². The smallest absolute Gasteiger partial charge is 0.116 e. The molecule has 3 aromatic rings. The number of hydrogen-bond acceptors (Lipinski definition) is 3. The third kappa shape index (κ3) is 2.40. The van der Waals surface area contributed by atoms with E-state index in [1.165, 1.54) is 4.88 Å². The molecular weight excluding hydrogens is 313 g/mol. The Hall–Kier alpha value is -1.54. The molecule has 0 aliphatic carbocycles. The fraction of sp³-hybridized carbons (Fsp3) is 0.143. The van der Waals surface area contributed by atoms with E-state index < -0.39 is 0 Å². The Bertz CT molecular complexity index is 800. The minimum absolute atomic E-state index is 0.245. The maximum absolute atomic E-state index is 9.02. The molecule has 0 bridgehead atoms. The van der Waals surface area contributed by atoms with E-state index in [0.717, 1.165) is 16.9 Å². The summed E-state index contributed by atoms with van der Waals surface area (Å²) in [4.78, 5) is 5.79. The van der Waals surface area contributed by atoms with Crippen LogP contribution in [-0.2, 0) is 13.0 Å². The van der Waals surface area contributed by atoms with Gasteiger partial charge in [0.1, 0.15) is 12.4 Å². The number of halogens is 2. The maximum atomic E-state index is 9.02. The molecule has 0 spiro atoms. The summed E-state index contributed by atoms with van der Waals surface area (Å²) in [6.45, 7) is 0.245. The zero-order chi connectivity index (χ0) is 14.1. The van der Waals surface area contributed by atoms with E-state index >= 15 is 0 Å². The number of aromatic nitrogens is 2. The summed E-state index contributed by atoms with van der Waals surface area (Å²) in [6.07, 6.45) is 0.698. The van der Waals surface area contributed by atoms with Crippen LogP contribution in [0.15, 0.2) is 29.6 Å². The number of hydrogen-bond donors (Lipinski definition) is 0. The highest BCUT2D eigenvalue weighted by molar-refractivity contribution is 7.09. The van der Waals surface area contributed by atoms with Gasteiger partial charge in [-0.3, -0.25) is 0 Å². The van der Waals surface area contributed by atoms with E-state index in [9.17, 15) is 0 Å². The van der Waals surface area contributed by atoms with Crippen LogP contribution in [0.1, 0.15) is 10.7 Å². The number of imidazole rings is 1. The van der Waals surface area contributed by atoms with Crippen molar-refractivity contribution in [1.82, 2.24) is 9.55 Å². The fourth-order valence-electron chi connectivity index (χ4n) is 2.12. The molecule has 0 aliphatic rings. The largest absolute Gasteiger partial charge is 0.314 e. The van der Waals surface area contributed by atoms with E-state index in [1.807, 2.05) is 16.0 Å². The Morgan fingerprint density at radius 2 is 2.10 bits per heavy atom. The second-order valence-corrected chi connectivity index (χ2v) is 6.13. The van der Waals surface area contributed by atoms with Crippen molar-refractivity contribution in [2.45, 2.75) is 13.0 Å². The van der Waals surface area contributed by atoms with Gasteiger partial charge in [0.05, 0.1) is 27.1 Å². The van der Waals surface area contributed by atoms with Gasteiger partial charge in [0.25, 0.3) is 0 Å². The summed E-state index contributed by atoms with van der Waals surface area (Å²) in [7, 11) is 0. The molecule has 0 saturated heterocycles. The van der Waals surface area contributed by atoms with Crippen LogP contribution in [0.5, 0.6) is 0 Å².